The average molecular weight is 267 g/mol. The van der Waals surface area contributed by atoms with Crippen LogP contribution in [0.2, 0.25) is 0 Å². The van der Waals surface area contributed by atoms with Crippen LogP contribution < -0.4 is 5.32 Å². The maximum atomic E-state index is 13.6. The summed E-state index contributed by atoms with van der Waals surface area (Å²) in [5.41, 5.74) is 1.12. The number of halogens is 1. The Morgan fingerprint density at radius 2 is 2.11 bits per heavy atom. The van der Waals surface area contributed by atoms with Gasteiger partial charge in [0, 0.05) is 11.1 Å². The summed E-state index contributed by atoms with van der Waals surface area (Å²) in [6.45, 7) is 8.18. The summed E-state index contributed by atoms with van der Waals surface area (Å²) in [4.78, 5) is 0. The lowest BCUT2D eigenvalue weighted by Crippen LogP contribution is -2.63. The number of hydrogen-bond donors (Lipinski definition) is 2. The molecule has 0 radical (unpaired) electrons. The predicted octanol–water partition coefficient (Wildman–Crippen LogP) is 2.32. The Morgan fingerprint density at radius 1 is 1.42 bits per heavy atom. The van der Waals surface area contributed by atoms with Gasteiger partial charge in [-0.15, -0.1) is 0 Å². The molecule has 4 heteroatoms. The molecule has 1 saturated heterocycles. The first kappa shape index (κ1) is 14.4. The highest BCUT2D eigenvalue weighted by Crippen LogP contribution is 2.33. The van der Waals surface area contributed by atoms with Gasteiger partial charge in [0.1, 0.15) is 5.82 Å². The Kier molecular flexibility index (Phi) is 3.69. The van der Waals surface area contributed by atoms with E-state index >= 15 is 0 Å². The van der Waals surface area contributed by atoms with Gasteiger partial charge in [-0.2, -0.15) is 0 Å². The van der Waals surface area contributed by atoms with Crippen molar-refractivity contribution in [2.75, 3.05) is 6.61 Å². The quantitative estimate of drug-likeness (QED) is 0.864. The monoisotopic (exact) mass is 267 g/mol. The van der Waals surface area contributed by atoms with Crippen LogP contribution in [0.4, 0.5) is 4.39 Å². The summed E-state index contributed by atoms with van der Waals surface area (Å²) in [5, 5.41) is 14.0. The van der Waals surface area contributed by atoms with Crippen molar-refractivity contribution in [1.29, 1.82) is 0 Å². The van der Waals surface area contributed by atoms with E-state index in [2.05, 4.69) is 5.32 Å². The highest BCUT2D eigenvalue weighted by atomic mass is 19.1. The third-order valence-electron chi connectivity index (χ3n) is 3.63. The highest BCUT2D eigenvalue weighted by Gasteiger charge is 2.45. The van der Waals surface area contributed by atoms with Crippen molar-refractivity contribution in [3.05, 3.63) is 35.1 Å². The number of hydrogen-bond acceptors (Lipinski definition) is 3. The molecule has 2 N–H and O–H groups in total. The molecule has 2 rings (SSSR count). The molecule has 19 heavy (non-hydrogen) atoms. The van der Waals surface area contributed by atoms with Crippen LogP contribution in [0.3, 0.4) is 0 Å². The summed E-state index contributed by atoms with van der Waals surface area (Å²) in [6, 6.07) is 4.32. The minimum atomic E-state index is -1.48. The van der Waals surface area contributed by atoms with E-state index in [0.29, 0.717) is 18.6 Å². The van der Waals surface area contributed by atoms with Crippen LogP contribution in [0.15, 0.2) is 18.2 Å². The lowest BCUT2D eigenvalue weighted by Gasteiger charge is -2.46. The molecule has 106 valence electrons. The molecule has 1 aromatic rings. The Bertz CT molecular complexity index is 475. The number of rotatable bonds is 2. The number of ether oxygens (including phenoxy) is 1. The first-order valence-electron chi connectivity index (χ1n) is 6.71. The molecule has 3 nitrogen and oxygen atoms in total. The zero-order chi connectivity index (χ0) is 14.3. The molecule has 1 aliphatic heterocycles. The van der Waals surface area contributed by atoms with Gasteiger partial charge < -0.3 is 15.2 Å². The van der Waals surface area contributed by atoms with Crippen LogP contribution in [-0.2, 0) is 16.9 Å². The lowest BCUT2D eigenvalue weighted by atomic mass is 9.91. The molecule has 0 spiro atoms. The van der Waals surface area contributed by atoms with Crippen LogP contribution in [0.25, 0.3) is 0 Å². The third kappa shape index (κ3) is 2.81. The summed E-state index contributed by atoms with van der Waals surface area (Å²) >= 11 is 0. The molecule has 0 bridgehead atoms. The standard InChI is InChI=1S/C15H22FNO2/c1-5-11-6-12(8-13(16)7-11)15(18)10(2)17-14(3,4)9-19-15/h6-8,10,17-18H,5,9H2,1-4H3. The fourth-order valence-electron chi connectivity index (χ4n) is 2.54. The molecule has 0 aliphatic carbocycles. The van der Waals surface area contributed by atoms with Gasteiger partial charge >= 0.3 is 0 Å². The minimum Gasteiger partial charge on any atom is -0.361 e. The second kappa shape index (κ2) is 4.85. The summed E-state index contributed by atoms with van der Waals surface area (Å²) < 4.78 is 19.3. The zero-order valence-corrected chi connectivity index (χ0v) is 12.0. The maximum absolute atomic E-state index is 13.6. The van der Waals surface area contributed by atoms with Crippen molar-refractivity contribution in [2.45, 2.75) is 51.5 Å². The van der Waals surface area contributed by atoms with E-state index < -0.39 is 5.79 Å². The van der Waals surface area contributed by atoms with E-state index in [0.717, 1.165) is 5.56 Å². The fourth-order valence-corrected chi connectivity index (χ4v) is 2.54. The molecule has 1 fully saturated rings. The molecule has 2 unspecified atom stereocenters. The molecule has 1 heterocycles. The van der Waals surface area contributed by atoms with Crippen LogP contribution in [0.1, 0.15) is 38.8 Å². The van der Waals surface area contributed by atoms with Gasteiger partial charge in [0.25, 0.3) is 0 Å². The summed E-state index contributed by atoms with van der Waals surface area (Å²) in [5.74, 6) is -1.83. The van der Waals surface area contributed by atoms with Gasteiger partial charge in [-0.25, -0.2) is 4.39 Å². The topological polar surface area (TPSA) is 41.5 Å². The van der Waals surface area contributed by atoms with Gasteiger partial charge in [0.15, 0.2) is 0 Å². The molecule has 1 aromatic carbocycles. The van der Waals surface area contributed by atoms with Crippen LogP contribution in [0, 0.1) is 5.82 Å². The van der Waals surface area contributed by atoms with Gasteiger partial charge in [-0.1, -0.05) is 13.0 Å². The van der Waals surface area contributed by atoms with E-state index in [9.17, 15) is 9.50 Å². The van der Waals surface area contributed by atoms with E-state index in [4.69, 9.17) is 4.74 Å². The van der Waals surface area contributed by atoms with Crippen molar-refractivity contribution in [3.8, 4) is 0 Å². The lowest BCUT2D eigenvalue weighted by molar-refractivity contribution is -0.263. The predicted molar refractivity (Wildman–Crippen MR) is 72.3 cm³/mol. The van der Waals surface area contributed by atoms with Crippen LogP contribution in [-0.4, -0.2) is 23.3 Å². The van der Waals surface area contributed by atoms with Crippen molar-refractivity contribution >= 4 is 0 Å². The first-order chi connectivity index (χ1) is 8.77. The highest BCUT2D eigenvalue weighted by molar-refractivity contribution is 5.29. The summed E-state index contributed by atoms with van der Waals surface area (Å²) in [6.07, 6.45) is 0.716. The van der Waals surface area contributed by atoms with Crippen molar-refractivity contribution in [1.82, 2.24) is 5.32 Å². The Morgan fingerprint density at radius 3 is 2.68 bits per heavy atom. The number of aryl methyl sites for hydroxylation is 1. The molecule has 0 amide bonds. The van der Waals surface area contributed by atoms with E-state index in [-0.39, 0.29) is 17.4 Å². The number of nitrogens with one attached hydrogen (secondary N) is 1. The van der Waals surface area contributed by atoms with Crippen molar-refractivity contribution in [2.24, 2.45) is 0 Å². The molecule has 2 atom stereocenters. The number of morpholine rings is 1. The smallest absolute Gasteiger partial charge is 0.208 e. The minimum absolute atomic E-state index is 0.202. The van der Waals surface area contributed by atoms with Gasteiger partial charge in [0.05, 0.1) is 12.6 Å². The van der Waals surface area contributed by atoms with E-state index in [1.807, 2.05) is 27.7 Å². The second-order valence-corrected chi connectivity index (χ2v) is 5.94. The largest absolute Gasteiger partial charge is 0.361 e. The number of aliphatic hydroxyl groups is 1. The molecule has 0 saturated carbocycles. The molecular formula is C15H22FNO2. The van der Waals surface area contributed by atoms with Crippen LogP contribution in [0.5, 0.6) is 0 Å². The summed E-state index contributed by atoms with van der Waals surface area (Å²) in [7, 11) is 0. The van der Waals surface area contributed by atoms with Crippen LogP contribution >= 0.6 is 0 Å². The normalized spacial score (nSPS) is 30.3. The molecule has 0 aromatic heterocycles. The Balaban J connectivity index is 2.37. The van der Waals surface area contributed by atoms with Crippen molar-refractivity contribution in [3.63, 3.8) is 0 Å². The maximum Gasteiger partial charge on any atom is 0.208 e. The SMILES string of the molecule is CCc1cc(F)cc(C2(O)OCC(C)(C)NC2C)c1. The van der Waals surface area contributed by atoms with E-state index in [1.54, 1.807) is 6.07 Å². The van der Waals surface area contributed by atoms with E-state index in [1.165, 1.54) is 12.1 Å². The fraction of sp³-hybridized carbons (Fsp3) is 0.600. The molecule has 1 aliphatic rings. The van der Waals surface area contributed by atoms with Gasteiger partial charge in [-0.3, -0.25) is 0 Å². The Labute approximate surface area is 113 Å². The zero-order valence-electron chi connectivity index (χ0n) is 12.0. The average Bonchev–Trinajstić information content (AvgIpc) is 2.33. The number of benzene rings is 1. The van der Waals surface area contributed by atoms with Crippen molar-refractivity contribution < 1.29 is 14.2 Å². The molecular weight excluding hydrogens is 245 g/mol. The third-order valence-corrected chi connectivity index (χ3v) is 3.63. The van der Waals surface area contributed by atoms with Gasteiger partial charge in [-0.05, 0) is 44.9 Å². The Hall–Kier alpha value is -0.970. The first-order valence-corrected chi connectivity index (χ1v) is 6.71. The van der Waals surface area contributed by atoms with Gasteiger partial charge in [0.2, 0.25) is 5.79 Å². The second-order valence-electron chi connectivity index (χ2n) is 5.94.